The Kier molecular flexibility index (Phi) is 17.3. The number of aliphatic hydroxyl groups excluding tert-OH is 1. The molecule has 0 amide bonds. The summed E-state index contributed by atoms with van der Waals surface area (Å²) in [6.45, 7) is 4.82. The summed E-state index contributed by atoms with van der Waals surface area (Å²) in [5.41, 5.74) is 1.52. The zero-order valence-electron chi connectivity index (χ0n) is 30.6. The molecule has 3 aromatic rings. The van der Waals surface area contributed by atoms with Gasteiger partial charge in [0.1, 0.15) is 50.7 Å². The van der Waals surface area contributed by atoms with Gasteiger partial charge in [0.15, 0.2) is 0 Å². The fourth-order valence-electron chi connectivity index (χ4n) is 5.73. The molecule has 52 heavy (non-hydrogen) atoms. The molecule has 1 heterocycles. The van der Waals surface area contributed by atoms with Gasteiger partial charge in [-0.05, 0) is 79.9 Å². The van der Waals surface area contributed by atoms with Gasteiger partial charge in [-0.15, -0.1) is 0 Å². The van der Waals surface area contributed by atoms with Gasteiger partial charge in [-0.1, -0.05) is 54.6 Å². The van der Waals surface area contributed by atoms with Crippen molar-refractivity contribution in [1.29, 1.82) is 0 Å². The molecule has 1 aliphatic rings. The van der Waals surface area contributed by atoms with Crippen molar-refractivity contribution in [3.8, 4) is 11.5 Å². The second kappa shape index (κ2) is 21.6. The number of ether oxygens (including phenoxy) is 5. The number of hydrogen-bond acceptors (Lipinski definition) is 12. The molecule has 1 saturated heterocycles. The minimum Gasteiger partial charge on any atom is -0.497 e. The normalized spacial score (nSPS) is 18.1. The average molecular weight is 752 g/mol. The van der Waals surface area contributed by atoms with E-state index in [4.69, 9.17) is 49.2 Å². The number of rotatable bonds is 23. The summed E-state index contributed by atoms with van der Waals surface area (Å²) < 4.78 is 51.5. The summed E-state index contributed by atoms with van der Waals surface area (Å²) in [5.74, 6) is 0.959. The summed E-state index contributed by atoms with van der Waals surface area (Å²) in [7, 11) is 8.44. The Labute approximate surface area is 312 Å². The smallest absolute Gasteiger partial charge is 0.382 e. The number of esters is 1. The van der Waals surface area contributed by atoms with E-state index in [0.717, 1.165) is 16.7 Å². The van der Waals surface area contributed by atoms with Gasteiger partial charge >= 0.3 is 24.5 Å². The van der Waals surface area contributed by atoms with Crippen LogP contribution in [0.1, 0.15) is 42.4 Å². The van der Waals surface area contributed by atoms with Crippen LogP contribution in [0.3, 0.4) is 0 Å². The van der Waals surface area contributed by atoms with Crippen molar-refractivity contribution in [2.24, 2.45) is 0 Å². The van der Waals surface area contributed by atoms with E-state index in [1.807, 2.05) is 92.0 Å². The van der Waals surface area contributed by atoms with Gasteiger partial charge in [0.25, 0.3) is 0 Å². The lowest BCUT2D eigenvalue weighted by atomic mass is 9.79. The first-order valence-corrected chi connectivity index (χ1v) is 20.9. The van der Waals surface area contributed by atoms with Crippen molar-refractivity contribution in [3.05, 3.63) is 95.6 Å². The number of aliphatic hydroxyl groups is 1. The van der Waals surface area contributed by atoms with Crippen molar-refractivity contribution in [2.45, 2.75) is 68.8 Å². The van der Waals surface area contributed by atoms with Gasteiger partial charge in [0.2, 0.25) is 0 Å². The molecule has 4 rings (SSSR count). The maximum absolute atomic E-state index is 12.8. The van der Waals surface area contributed by atoms with Crippen LogP contribution in [-0.2, 0) is 42.3 Å². The van der Waals surface area contributed by atoms with Crippen LogP contribution in [0.4, 0.5) is 0 Å². The Morgan fingerprint density at radius 1 is 0.904 bits per heavy atom. The van der Waals surface area contributed by atoms with Crippen LogP contribution in [-0.4, -0.2) is 110 Å². The fraction of sp³-hybridized carbons (Fsp3) is 0.486. The number of benzene rings is 3. The third-order valence-electron chi connectivity index (χ3n) is 8.58. The maximum Gasteiger partial charge on any atom is 0.382 e. The van der Waals surface area contributed by atoms with Crippen LogP contribution < -0.4 is 14.8 Å². The van der Waals surface area contributed by atoms with E-state index in [9.17, 15) is 9.90 Å². The molecule has 4 atom stereocenters. The Bertz CT molecular complexity index is 1410. The fourth-order valence-corrected chi connectivity index (χ4v) is 6.93. The van der Waals surface area contributed by atoms with Crippen molar-refractivity contribution < 1.29 is 51.3 Å². The first-order chi connectivity index (χ1) is 25.2. The molecule has 3 aromatic carbocycles. The number of hydrogen-bond donors (Lipinski definition) is 2. The molecule has 4 radical (unpaired) electrons. The summed E-state index contributed by atoms with van der Waals surface area (Å²) in [6.07, 6.45) is -0.821. The van der Waals surface area contributed by atoms with Crippen molar-refractivity contribution in [2.75, 3.05) is 47.9 Å². The first-order valence-electron chi connectivity index (χ1n) is 17.3. The second-order valence-corrected chi connectivity index (χ2v) is 15.3. The standard InChI is InChI=1S/C37H50BNO11Si2/c1-42-30-16-12-28(13-17-30)37(27-10-7-6-8-11-27,29-14-18-31(43-2)19-15-29)50-32-24-34(38)49-33(32)25-45-36(41)21-20-35(40)39-22-9-23-46-52(5)48-26-47-51(4)44-3/h6-8,10-19,32-35,39-40H,9,20-26H2,1-5H3. The molecule has 12 nitrogen and oxygen atoms in total. The SMILES string of the molecule is [B]C1CC(OC(c2ccccc2)(c2ccc(OC)cc2)c2ccc(OC)cc2)C(COC(=O)CCC(O)NCCCO[Si](C)OCO[Si](C)OC)O1. The van der Waals surface area contributed by atoms with Gasteiger partial charge in [0, 0.05) is 26.1 Å². The molecule has 2 N–H and O–H groups in total. The third-order valence-corrected chi connectivity index (χ3v) is 10.8. The highest BCUT2D eigenvalue weighted by atomic mass is 28.3. The van der Waals surface area contributed by atoms with Gasteiger partial charge < -0.3 is 46.5 Å². The number of carbonyl (C=O) groups excluding carboxylic acids is 1. The molecule has 1 aliphatic heterocycles. The van der Waals surface area contributed by atoms with E-state index in [1.54, 1.807) is 21.3 Å². The van der Waals surface area contributed by atoms with Crippen molar-refractivity contribution in [3.63, 3.8) is 0 Å². The number of carbonyl (C=O) groups is 1. The van der Waals surface area contributed by atoms with E-state index in [2.05, 4.69) is 5.32 Å². The van der Waals surface area contributed by atoms with E-state index in [1.165, 1.54) is 0 Å². The first kappa shape index (κ1) is 41.7. The van der Waals surface area contributed by atoms with Crippen LogP contribution in [0.5, 0.6) is 11.5 Å². The molecule has 0 aliphatic carbocycles. The summed E-state index contributed by atoms with van der Waals surface area (Å²) in [4.78, 5) is 12.8. The van der Waals surface area contributed by atoms with E-state index >= 15 is 0 Å². The van der Waals surface area contributed by atoms with Crippen LogP contribution in [0.2, 0.25) is 13.1 Å². The van der Waals surface area contributed by atoms with Gasteiger partial charge in [-0.2, -0.15) is 0 Å². The molecule has 0 aromatic heterocycles. The summed E-state index contributed by atoms with van der Waals surface area (Å²) in [6, 6.07) is 24.8. The minimum absolute atomic E-state index is 0.0128. The largest absolute Gasteiger partial charge is 0.497 e. The van der Waals surface area contributed by atoms with Crippen LogP contribution in [0, 0.1) is 0 Å². The molecule has 4 unspecified atom stereocenters. The lowest BCUT2D eigenvalue weighted by Crippen LogP contribution is -2.41. The highest BCUT2D eigenvalue weighted by Gasteiger charge is 2.45. The molecular weight excluding hydrogens is 701 g/mol. The maximum atomic E-state index is 12.8. The summed E-state index contributed by atoms with van der Waals surface area (Å²) in [5, 5.41) is 13.4. The van der Waals surface area contributed by atoms with E-state index in [-0.39, 0.29) is 26.2 Å². The molecule has 1 fully saturated rings. The van der Waals surface area contributed by atoms with Gasteiger partial charge in [-0.3, -0.25) is 10.1 Å². The molecule has 0 saturated carbocycles. The molecule has 0 spiro atoms. The zero-order valence-corrected chi connectivity index (χ0v) is 32.6. The van der Waals surface area contributed by atoms with Gasteiger partial charge in [0.05, 0.1) is 20.3 Å². The molecule has 15 heteroatoms. The van der Waals surface area contributed by atoms with Crippen molar-refractivity contribution in [1.82, 2.24) is 5.32 Å². The number of methoxy groups -OCH3 is 2. The van der Waals surface area contributed by atoms with E-state index < -0.39 is 54.6 Å². The predicted octanol–water partition coefficient (Wildman–Crippen LogP) is 4.18. The Morgan fingerprint density at radius 2 is 1.50 bits per heavy atom. The van der Waals surface area contributed by atoms with E-state index in [0.29, 0.717) is 37.5 Å². The number of nitrogens with one attached hydrogen (secondary N) is 1. The lowest BCUT2D eigenvalue weighted by molar-refractivity contribution is -0.152. The Hall–Kier alpha value is -3.09. The Morgan fingerprint density at radius 3 is 2.10 bits per heavy atom. The van der Waals surface area contributed by atoms with Crippen LogP contribution in [0.25, 0.3) is 0 Å². The predicted molar refractivity (Wildman–Crippen MR) is 198 cm³/mol. The van der Waals surface area contributed by atoms with Gasteiger partial charge in [-0.25, -0.2) is 0 Å². The highest BCUT2D eigenvalue weighted by molar-refractivity contribution is 6.43. The zero-order chi connectivity index (χ0) is 37.3. The monoisotopic (exact) mass is 751 g/mol. The minimum atomic E-state index is -1.45. The topological polar surface area (TPSA) is 132 Å². The third kappa shape index (κ3) is 12.2. The average Bonchev–Trinajstić information content (AvgIpc) is 3.53. The van der Waals surface area contributed by atoms with Crippen LogP contribution >= 0.6 is 0 Å². The Balaban J connectivity index is 1.35. The summed E-state index contributed by atoms with van der Waals surface area (Å²) >= 11 is 0. The molecule has 280 valence electrons. The molecular formula is C37H50BNO11Si2. The molecule has 0 bridgehead atoms. The quantitative estimate of drug-likeness (QED) is 0.0474. The highest BCUT2D eigenvalue weighted by Crippen LogP contribution is 2.44. The van der Waals surface area contributed by atoms with Crippen molar-refractivity contribution >= 4 is 32.4 Å². The second-order valence-electron chi connectivity index (χ2n) is 12.1. The lowest BCUT2D eigenvalue weighted by Gasteiger charge is -2.39. The van der Waals surface area contributed by atoms with Crippen LogP contribution in [0.15, 0.2) is 78.9 Å².